The highest BCUT2D eigenvalue weighted by molar-refractivity contribution is 5.70. The molecule has 0 aliphatic carbocycles. The second-order valence-electron chi connectivity index (χ2n) is 2.94. The van der Waals surface area contributed by atoms with E-state index in [9.17, 15) is 18.0 Å². The van der Waals surface area contributed by atoms with Crippen LogP contribution in [0.25, 0.3) is 0 Å². The molecular weight excluding hydrogens is 227 g/mol. The van der Waals surface area contributed by atoms with E-state index in [0.717, 1.165) is 0 Å². The zero-order valence-electron chi connectivity index (χ0n) is 7.99. The number of pyridine rings is 1. The second-order valence-corrected chi connectivity index (χ2v) is 2.94. The van der Waals surface area contributed by atoms with Crippen LogP contribution in [0.2, 0.25) is 0 Å². The first-order valence-electron chi connectivity index (χ1n) is 4.24. The van der Waals surface area contributed by atoms with Gasteiger partial charge in [0.15, 0.2) is 6.61 Å². The summed E-state index contributed by atoms with van der Waals surface area (Å²) in [4.78, 5) is 14.0. The van der Waals surface area contributed by atoms with Crippen LogP contribution < -0.4 is 4.74 Å². The summed E-state index contributed by atoms with van der Waals surface area (Å²) in [6.07, 6.45) is -3.67. The number of hydrogen-bond acceptors (Lipinski definition) is 3. The third-order valence-electron chi connectivity index (χ3n) is 1.56. The molecule has 0 atom stereocenters. The van der Waals surface area contributed by atoms with Gasteiger partial charge in [0.2, 0.25) is 5.88 Å². The number of carbonyl (C=O) groups is 1. The van der Waals surface area contributed by atoms with Gasteiger partial charge in [-0.05, 0) is 6.07 Å². The van der Waals surface area contributed by atoms with Gasteiger partial charge < -0.3 is 9.84 Å². The SMILES string of the molecule is O=C(O)Cc1cccnc1OCC(F)(F)F. The molecular formula is C9H8F3NO3. The average molecular weight is 235 g/mol. The molecule has 0 aliphatic rings. The Morgan fingerprint density at radius 3 is 2.75 bits per heavy atom. The van der Waals surface area contributed by atoms with Crippen LogP contribution in [-0.4, -0.2) is 28.8 Å². The van der Waals surface area contributed by atoms with Crippen molar-refractivity contribution >= 4 is 5.97 Å². The van der Waals surface area contributed by atoms with E-state index < -0.39 is 25.2 Å². The Kier molecular flexibility index (Phi) is 3.70. The van der Waals surface area contributed by atoms with Crippen molar-refractivity contribution < 1.29 is 27.8 Å². The van der Waals surface area contributed by atoms with Crippen LogP contribution in [0.3, 0.4) is 0 Å². The number of nitrogens with zero attached hydrogens (tertiary/aromatic N) is 1. The van der Waals surface area contributed by atoms with E-state index in [0.29, 0.717) is 0 Å². The molecule has 0 saturated carbocycles. The predicted octanol–water partition coefficient (Wildman–Crippen LogP) is 1.65. The minimum atomic E-state index is -4.47. The molecule has 0 aromatic carbocycles. The van der Waals surface area contributed by atoms with E-state index >= 15 is 0 Å². The average Bonchev–Trinajstić information content (AvgIpc) is 2.14. The number of aromatic nitrogens is 1. The summed E-state index contributed by atoms with van der Waals surface area (Å²) in [7, 11) is 0. The molecule has 1 heterocycles. The van der Waals surface area contributed by atoms with Gasteiger partial charge >= 0.3 is 12.1 Å². The topological polar surface area (TPSA) is 59.4 Å². The van der Waals surface area contributed by atoms with E-state index in [2.05, 4.69) is 9.72 Å². The van der Waals surface area contributed by atoms with Crippen LogP contribution in [-0.2, 0) is 11.2 Å². The first-order chi connectivity index (χ1) is 7.38. The van der Waals surface area contributed by atoms with Crippen molar-refractivity contribution in [3.05, 3.63) is 23.9 Å². The van der Waals surface area contributed by atoms with Gasteiger partial charge in [0.1, 0.15) is 0 Å². The highest BCUT2D eigenvalue weighted by Crippen LogP contribution is 2.20. The number of halogens is 3. The summed E-state index contributed by atoms with van der Waals surface area (Å²) in [5.74, 6) is -1.47. The van der Waals surface area contributed by atoms with E-state index in [4.69, 9.17) is 5.11 Å². The Balaban J connectivity index is 2.75. The molecule has 0 unspecified atom stereocenters. The van der Waals surface area contributed by atoms with Crippen molar-refractivity contribution in [2.75, 3.05) is 6.61 Å². The van der Waals surface area contributed by atoms with Crippen molar-refractivity contribution in [3.63, 3.8) is 0 Å². The molecule has 0 aliphatic heterocycles. The molecule has 7 heteroatoms. The van der Waals surface area contributed by atoms with Crippen molar-refractivity contribution in [1.82, 2.24) is 4.98 Å². The van der Waals surface area contributed by atoms with Gasteiger partial charge in [-0.25, -0.2) is 4.98 Å². The van der Waals surface area contributed by atoms with Crippen molar-refractivity contribution in [1.29, 1.82) is 0 Å². The van der Waals surface area contributed by atoms with Crippen LogP contribution in [0.5, 0.6) is 5.88 Å². The number of carboxylic acid groups (broad SMARTS) is 1. The number of carboxylic acids is 1. The van der Waals surface area contributed by atoms with Crippen LogP contribution >= 0.6 is 0 Å². The molecule has 4 nitrogen and oxygen atoms in total. The molecule has 1 rings (SSSR count). The minimum Gasteiger partial charge on any atom is -0.481 e. The molecule has 0 bridgehead atoms. The summed E-state index contributed by atoms with van der Waals surface area (Å²) in [5.41, 5.74) is 0.110. The van der Waals surface area contributed by atoms with Crippen molar-refractivity contribution in [2.24, 2.45) is 0 Å². The molecule has 1 aromatic heterocycles. The van der Waals surface area contributed by atoms with E-state index in [-0.39, 0.29) is 11.4 Å². The molecule has 0 saturated heterocycles. The summed E-state index contributed by atoms with van der Waals surface area (Å²) in [6.45, 7) is -1.49. The Hall–Kier alpha value is -1.79. The predicted molar refractivity (Wildman–Crippen MR) is 47.1 cm³/mol. The molecule has 0 amide bonds. The maximum atomic E-state index is 11.9. The fraction of sp³-hybridized carbons (Fsp3) is 0.333. The van der Waals surface area contributed by atoms with Crippen molar-refractivity contribution in [3.8, 4) is 5.88 Å². The van der Waals surface area contributed by atoms with Crippen LogP contribution in [0.15, 0.2) is 18.3 Å². The zero-order chi connectivity index (χ0) is 12.2. The number of hydrogen-bond donors (Lipinski definition) is 1. The molecule has 0 radical (unpaired) electrons. The molecule has 16 heavy (non-hydrogen) atoms. The summed E-state index contributed by atoms with van der Waals surface area (Å²) >= 11 is 0. The molecule has 0 fully saturated rings. The van der Waals surface area contributed by atoms with E-state index in [1.807, 2.05) is 0 Å². The molecule has 88 valence electrons. The van der Waals surface area contributed by atoms with Gasteiger partial charge in [-0.2, -0.15) is 13.2 Å². The van der Waals surface area contributed by atoms with Crippen LogP contribution in [0.4, 0.5) is 13.2 Å². The summed E-state index contributed by atoms with van der Waals surface area (Å²) in [6, 6.07) is 2.78. The lowest BCUT2D eigenvalue weighted by molar-refractivity contribution is -0.154. The normalized spacial score (nSPS) is 11.2. The highest BCUT2D eigenvalue weighted by Gasteiger charge is 2.29. The second kappa shape index (κ2) is 4.82. The minimum absolute atomic E-state index is 0.110. The summed E-state index contributed by atoms with van der Waals surface area (Å²) in [5, 5.41) is 8.51. The highest BCUT2D eigenvalue weighted by atomic mass is 19.4. The Labute approximate surface area is 88.7 Å². The molecule has 1 aromatic rings. The Morgan fingerprint density at radius 1 is 1.50 bits per heavy atom. The lowest BCUT2D eigenvalue weighted by atomic mass is 10.2. The number of aliphatic carboxylic acids is 1. The lowest BCUT2D eigenvalue weighted by Crippen LogP contribution is -2.20. The lowest BCUT2D eigenvalue weighted by Gasteiger charge is -2.10. The number of ether oxygens (including phenoxy) is 1. The number of rotatable bonds is 4. The van der Waals surface area contributed by atoms with Gasteiger partial charge in [0.25, 0.3) is 0 Å². The van der Waals surface area contributed by atoms with Crippen molar-refractivity contribution in [2.45, 2.75) is 12.6 Å². The van der Waals surface area contributed by atoms with E-state index in [1.165, 1.54) is 18.3 Å². The van der Waals surface area contributed by atoms with Gasteiger partial charge in [-0.15, -0.1) is 0 Å². The van der Waals surface area contributed by atoms with Crippen LogP contribution in [0.1, 0.15) is 5.56 Å². The quantitative estimate of drug-likeness (QED) is 0.861. The third-order valence-corrected chi connectivity index (χ3v) is 1.56. The Bertz CT molecular complexity index is 379. The molecule has 0 spiro atoms. The van der Waals surface area contributed by atoms with Gasteiger partial charge in [0, 0.05) is 11.8 Å². The third kappa shape index (κ3) is 4.16. The first kappa shape index (κ1) is 12.3. The number of alkyl halides is 3. The fourth-order valence-corrected chi connectivity index (χ4v) is 1.00. The van der Waals surface area contributed by atoms with Gasteiger partial charge in [-0.1, -0.05) is 6.07 Å². The zero-order valence-corrected chi connectivity index (χ0v) is 7.99. The fourth-order valence-electron chi connectivity index (χ4n) is 1.00. The van der Waals surface area contributed by atoms with Gasteiger partial charge in [-0.3, -0.25) is 4.79 Å². The first-order valence-corrected chi connectivity index (χ1v) is 4.24. The van der Waals surface area contributed by atoms with Crippen LogP contribution in [0, 0.1) is 0 Å². The van der Waals surface area contributed by atoms with Gasteiger partial charge in [0.05, 0.1) is 6.42 Å². The largest absolute Gasteiger partial charge is 0.481 e. The standard InChI is InChI=1S/C9H8F3NO3/c10-9(11,12)5-16-8-6(4-7(14)15)2-1-3-13-8/h1-3H,4-5H2,(H,14,15). The Morgan fingerprint density at radius 2 is 2.19 bits per heavy atom. The smallest absolute Gasteiger partial charge is 0.422 e. The molecule has 1 N–H and O–H groups in total. The maximum absolute atomic E-state index is 11.9. The van der Waals surface area contributed by atoms with E-state index in [1.54, 1.807) is 0 Å². The summed E-state index contributed by atoms with van der Waals surface area (Å²) < 4.78 is 40.0. The monoisotopic (exact) mass is 235 g/mol. The maximum Gasteiger partial charge on any atom is 0.422 e.